The Balaban J connectivity index is 1.37. The second-order valence-electron chi connectivity index (χ2n) is 10.5. The fraction of sp³-hybridized carbons (Fsp3) is 0.423. The van der Waals surface area contributed by atoms with Gasteiger partial charge in [0.2, 0.25) is 21.9 Å². The van der Waals surface area contributed by atoms with Crippen LogP contribution in [0.3, 0.4) is 0 Å². The van der Waals surface area contributed by atoms with Gasteiger partial charge in [-0.25, -0.2) is 18.1 Å². The molecule has 4 heterocycles. The third-order valence-electron chi connectivity index (χ3n) is 7.79. The van der Waals surface area contributed by atoms with E-state index in [1.54, 1.807) is 24.1 Å². The van der Waals surface area contributed by atoms with Gasteiger partial charge in [0.05, 0.1) is 22.3 Å². The van der Waals surface area contributed by atoms with Gasteiger partial charge >= 0.3 is 0 Å². The number of hydrogen-bond acceptors (Lipinski definition) is 8. The van der Waals surface area contributed by atoms with Gasteiger partial charge in [-0.15, -0.1) is 0 Å². The molecule has 1 aliphatic carbocycles. The molecular weight excluding hydrogens is 584 g/mol. The highest BCUT2D eigenvalue weighted by Crippen LogP contribution is 2.39. The largest absolute Gasteiger partial charge is 0.359 e. The molecule has 1 amide bonds. The fourth-order valence-corrected chi connectivity index (χ4v) is 7.66. The van der Waals surface area contributed by atoms with Crippen LogP contribution in [-0.2, 0) is 21.4 Å². The highest BCUT2D eigenvalue weighted by atomic mass is 79.9. The number of aromatic nitrogens is 5. The molecule has 3 aromatic heterocycles. The molecule has 0 radical (unpaired) electrons. The molecular formula is C26H29BrN8O3S. The van der Waals surface area contributed by atoms with Gasteiger partial charge in [-0.3, -0.25) is 9.78 Å². The Morgan fingerprint density at radius 3 is 2.90 bits per heavy atom. The molecule has 1 saturated heterocycles. The monoisotopic (exact) mass is 612 g/mol. The lowest BCUT2D eigenvalue weighted by molar-refractivity contribution is -0.129. The van der Waals surface area contributed by atoms with Crippen molar-refractivity contribution in [3.8, 4) is 5.69 Å². The smallest absolute Gasteiger partial charge is 0.225 e. The maximum Gasteiger partial charge on any atom is 0.225 e. The second kappa shape index (κ2) is 9.79. The summed E-state index contributed by atoms with van der Waals surface area (Å²) in [4.78, 5) is 26.2. The molecule has 0 spiro atoms. The quantitative estimate of drug-likeness (QED) is 0.338. The van der Waals surface area contributed by atoms with Crippen LogP contribution in [0.2, 0.25) is 0 Å². The van der Waals surface area contributed by atoms with E-state index < -0.39 is 15.4 Å². The van der Waals surface area contributed by atoms with Crippen LogP contribution in [0, 0.1) is 5.41 Å². The summed E-state index contributed by atoms with van der Waals surface area (Å²) < 4.78 is 29.0. The average Bonchev–Trinajstić information content (AvgIpc) is 3.58. The third-order valence-corrected chi connectivity index (χ3v) is 10.3. The number of hydrogen-bond donors (Lipinski definition) is 2. The van der Waals surface area contributed by atoms with Crippen molar-refractivity contribution in [2.45, 2.75) is 45.2 Å². The number of fused-ring (bicyclic) bond motifs is 2. The molecule has 2 fully saturated rings. The van der Waals surface area contributed by atoms with Crippen molar-refractivity contribution in [3.63, 3.8) is 0 Å². The number of anilines is 1. The molecule has 13 heteroatoms. The number of rotatable bonds is 6. The SMILES string of the molecule is CNC(=O)[C@]1(C)CC[C@@H](Nc2ncc3c(Br)nn(-c4cc(CN5CCCS5(=O)=O)c5ncccc5c4)c3n2)C1. The first-order valence-electron chi connectivity index (χ1n) is 12.9. The van der Waals surface area contributed by atoms with Gasteiger partial charge in [-0.1, -0.05) is 13.0 Å². The highest BCUT2D eigenvalue weighted by Gasteiger charge is 2.41. The zero-order chi connectivity index (χ0) is 27.4. The lowest BCUT2D eigenvalue weighted by Gasteiger charge is -2.22. The summed E-state index contributed by atoms with van der Waals surface area (Å²) in [7, 11) is -1.60. The van der Waals surface area contributed by atoms with Crippen LogP contribution in [0.1, 0.15) is 38.2 Å². The number of carbonyl (C=O) groups excluding carboxylic acids is 1. The minimum atomic E-state index is -3.27. The van der Waals surface area contributed by atoms with E-state index in [1.165, 1.54) is 4.31 Å². The molecule has 2 N–H and O–H groups in total. The molecule has 11 nitrogen and oxygen atoms in total. The fourth-order valence-electron chi connectivity index (χ4n) is 5.73. The molecule has 1 aliphatic heterocycles. The van der Waals surface area contributed by atoms with Crippen LogP contribution in [-0.4, -0.2) is 68.7 Å². The number of halogens is 1. The Kier molecular flexibility index (Phi) is 6.55. The first-order valence-corrected chi connectivity index (χ1v) is 15.3. The predicted octanol–water partition coefficient (Wildman–Crippen LogP) is 3.38. The summed E-state index contributed by atoms with van der Waals surface area (Å²) in [6, 6.07) is 7.80. The molecule has 4 aromatic rings. The summed E-state index contributed by atoms with van der Waals surface area (Å²) in [5.41, 5.74) is 2.50. The van der Waals surface area contributed by atoms with Crippen molar-refractivity contribution in [1.29, 1.82) is 0 Å². The maximum absolute atomic E-state index is 12.5. The maximum atomic E-state index is 12.5. The first kappa shape index (κ1) is 26.1. The van der Waals surface area contributed by atoms with E-state index >= 15 is 0 Å². The Bertz CT molecular complexity index is 1710. The van der Waals surface area contributed by atoms with E-state index in [0.717, 1.165) is 40.4 Å². The van der Waals surface area contributed by atoms with Crippen LogP contribution < -0.4 is 10.6 Å². The first-order chi connectivity index (χ1) is 18.7. The van der Waals surface area contributed by atoms with Crippen molar-refractivity contribution in [1.82, 2.24) is 34.4 Å². The van der Waals surface area contributed by atoms with Crippen LogP contribution >= 0.6 is 15.9 Å². The second-order valence-corrected chi connectivity index (χ2v) is 13.4. The number of amides is 1. The van der Waals surface area contributed by atoms with E-state index in [4.69, 9.17) is 10.1 Å². The minimum Gasteiger partial charge on any atom is -0.359 e. The Hall–Kier alpha value is -3.16. The van der Waals surface area contributed by atoms with Crippen molar-refractivity contribution in [2.75, 3.05) is 24.7 Å². The molecule has 1 aromatic carbocycles. The molecule has 6 rings (SSSR count). The summed E-state index contributed by atoms with van der Waals surface area (Å²) in [6.07, 6.45) is 6.39. The van der Waals surface area contributed by atoms with Crippen LogP contribution in [0.4, 0.5) is 5.95 Å². The van der Waals surface area contributed by atoms with E-state index in [1.807, 2.05) is 31.2 Å². The third kappa shape index (κ3) is 4.76. The van der Waals surface area contributed by atoms with Crippen LogP contribution in [0.5, 0.6) is 0 Å². The zero-order valence-corrected chi connectivity index (χ0v) is 24.1. The lowest BCUT2D eigenvalue weighted by Crippen LogP contribution is -2.35. The summed E-state index contributed by atoms with van der Waals surface area (Å²) >= 11 is 3.54. The number of nitrogens with zero attached hydrogens (tertiary/aromatic N) is 6. The van der Waals surface area contributed by atoms with E-state index in [-0.39, 0.29) is 24.2 Å². The summed E-state index contributed by atoms with van der Waals surface area (Å²) in [5, 5.41) is 12.5. The van der Waals surface area contributed by atoms with Crippen molar-refractivity contribution < 1.29 is 13.2 Å². The van der Waals surface area contributed by atoms with Crippen LogP contribution in [0.15, 0.2) is 41.3 Å². The van der Waals surface area contributed by atoms with Crippen LogP contribution in [0.25, 0.3) is 27.6 Å². The van der Waals surface area contributed by atoms with Gasteiger partial charge in [0, 0.05) is 49.4 Å². The van der Waals surface area contributed by atoms with Gasteiger partial charge in [-0.05, 0) is 65.4 Å². The summed E-state index contributed by atoms with van der Waals surface area (Å²) in [6.45, 7) is 2.74. The molecule has 0 unspecified atom stereocenters. The van der Waals surface area contributed by atoms with Crippen molar-refractivity contribution in [3.05, 3.63) is 46.8 Å². The Labute approximate surface area is 234 Å². The number of pyridine rings is 1. The topological polar surface area (TPSA) is 135 Å². The number of nitrogens with one attached hydrogen (secondary N) is 2. The van der Waals surface area contributed by atoms with Crippen molar-refractivity contribution in [2.24, 2.45) is 5.41 Å². The molecule has 1 saturated carbocycles. The average molecular weight is 614 g/mol. The molecule has 2 aliphatic rings. The van der Waals surface area contributed by atoms with Gasteiger partial charge in [0.15, 0.2) is 5.65 Å². The molecule has 39 heavy (non-hydrogen) atoms. The van der Waals surface area contributed by atoms with Gasteiger partial charge in [0.1, 0.15) is 4.60 Å². The normalized spacial score (nSPS) is 23.0. The number of sulfonamides is 1. The van der Waals surface area contributed by atoms with Gasteiger partial charge < -0.3 is 10.6 Å². The molecule has 2 atom stereocenters. The van der Waals surface area contributed by atoms with E-state index in [2.05, 4.69) is 36.5 Å². The Morgan fingerprint density at radius 1 is 1.28 bits per heavy atom. The van der Waals surface area contributed by atoms with Crippen molar-refractivity contribution >= 4 is 59.7 Å². The molecule has 0 bridgehead atoms. The standard InChI is InChI=1S/C26H29BrN8O3S/c1-26(24(36)28-2)7-6-18(13-26)31-25-30-14-20-22(27)33-35(23(20)32-25)19-11-16-5-3-8-29-21(16)17(12-19)15-34-9-4-10-39(34,37)38/h3,5,8,11-12,14,18H,4,6-7,9-10,13,15H2,1-2H3,(H,28,36)(H,30,31,32)/t18-,26-/m1/s1. The predicted molar refractivity (Wildman–Crippen MR) is 152 cm³/mol. The number of benzene rings is 1. The Morgan fingerprint density at radius 2 is 2.13 bits per heavy atom. The highest BCUT2D eigenvalue weighted by molar-refractivity contribution is 9.10. The molecule has 204 valence electrons. The zero-order valence-electron chi connectivity index (χ0n) is 21.7. The van der Waals surface area contributed by atoms with E-state index in [9.17, 15) is 13.2 Å². The van der Waals surface area contributed by atoms with Gasteiger partial charge in [-0.2, -0.15) is 14.4 Å². The lowest BCUT2D eigenvalue weighted by atomic mass is 9.87. The van der Waals surface area contributed by atoms with Gasteiger partial charge in [0.25, 0.3) is 0 Å². The number of carbonyl (C=O) groups is 1. The minimum absolute atomic E-state index is 0.0495. The summed E-state index contributed by atoms with van der Waals surface area (Å²) in [5.74, 6) is 0.687. The van der Waals surface area contributed by atoms with E-state index in [0.29, 0.717) is 35.6 Å².